The predicted octanol–water partition coefficient (Wildman–Crippen LogP) is 6.55. The average molecular weight is 471 g/mol. The van der Waals surface area contributed by atoms with Crippen molar-refractivity contribution in [2.75, 3.05) is 0 Å². The van der Waals surface area contributed by atoms with Gasteiger partial charge in [-0.15, -0.1) is 0 Å². The normalized spacial score (nSPS) is 15.0. The highest BCUT2D eigenvalue weighted by Gasteiger charge is 2.35. The first-order chi connectivity index (χ1) is 16.4. The summed E-state index contributed by atoms with van der Waals surface area (Å²) in [6.07, 6.45) is 1.55. The number of furan rings is 1. The number of non-ortho nitro benzene ring substituents is 1. The zero-order valence-electron chi connectivity index (χ0n) is 18.1. The summed E-state index contributed by atoms with van der Waals surface area (Å²) in [7, 11) is 0. The molecule has 168 valence electrons. The van der Waals surface area contributed by atoms with Crippen molar-refractivity contribution in [2.45, 2.75) is 13.5 Å². The number of nitro groups is 1. The molecule has 1 fully saturated rings. The monoisotopic (exact) mass is 470 g/mol. The number of fused-ring (bicyclic) bond motifs is 1. The number of nitro benzene ring substituents is 1. The molecule has 3 aromatic carbocycles. The van der Waals surface area contributed by atoms with Crippen molar-refractivity contribution in [1.82, 2.24) is 4.90 Å². The SMILES string of the molecule is Cc1cc([N+](=O)[O-])ccc1-c1ccc(/C=C2\SC(=O)N(Cc3cccc4ccccc34)C2=O)o1. The van der Waals surface area contributed by atoms with Gasteiger partial charge in [0.2, 0.25) is 0 Å². The van der Waals surface area contributed by atoms with E-state index in [2.05, 4.69) is 0 Å². The zero-order chi connectivity index (χ0) is 23.8. The Morgan fingerprint density at radius 3 is 2.62 bits per heavy atom. The van der Waals surface area contributed by atoms with E-state index < -0.39 is 4.92 Å². The minimum absolute atomic E-state index is 0.00731. The summed E-state index contributed by atoms with van der Waals surface area (Å²) in [6, 6.07) is 21.7. The van der Waals surface area contributed by atoms with Crippen LogP contribution < -0.4 is 0 Å². The van der Waals surface area contributed by atoms with Gasteiger partial charge >= 0.3 is 0 Å². The topological polar surface area (TPSA) is 93.7 Å². The third kappa shape index (κ3) is 3.99. The molecule has 0 bridgehead atoms. The highest BCUT2D eigenvalue weighted by Crippen LogP contribution is 2.35. The van der Waals surface area contributed by atoms with E-state index in [1.54, 1.807) is 31.2 Å². The molecule has 1 aromatic heterocycles. The number of carbonyl (C=O) groups is 2. The third-order valence-electron chi connectivity index (χ3n) is 5.67. The number of amides is 2. The summed E-state index contributed by atoms with van der Waals surface area (Å²) in [4.78, 5) is 37.7. The summed E-state index contributed by atoms with van der Waals surface area (Å²) >= 11 is 0.878. The molecule has 5 rings (SSSR count). The Morgan fingerprint density at radius 2 is 1.82 bits per heavy atom. The standard InChI is InChI=1S/C26H18N2O5S/c1-16-13-19(28(31)32)9-11-21(16)23-12-10-20(33-23)14-24-25(29)27(26(30)34-24)15-18-7-4-6-17-5-2-3-8-22(17)18/h2-14H,15H2,1H3/b24-14-. The van der Waals surface area contributed by atoms with Crippen LogP contribution in [-0.4, -0.2) is 21.0 Å². The number of hydrogen-bond acceptors (Lipinski definition) is 6. The van der Waals surface area contributed by atoms with Crippen LogP contribution in [0.25, 0.3) is 28.2 Å². The molecule has 0 aliphatic carbocycles. The van der Waals surface area contributed by atoms with Gasteiger partial charge in [-0.05, 0) is 58.8 Å². The number of aryl methyl sites for hydroxylation is 1. The van der Waals surface area contributed by atoms with Gasteiger partial charge in [0.25, 0.3) is 16.8 Å². The van der Waals surface area contributed by atoms with Crippen LogP contribution in [0.15, 0.2) is 82.1 Å². The molecule has 1 aliphatic rings. The molecule has 1 aliphatic heterocycles. The second-order valence-electron chi connectivity index (χ2n) is 7.86. The molecular weight excluding hydrogens is 452 g/mol. The van der Waals surface area contributed by atoms with Crippen LogP contribution in [-0.2, 0) is 11.3 Å². The average Bonchev–Trinajstić information content (AvgIpc) is 3.39. The summed E-state index contributed by atoms with van der Waals surface area (Å²) in [6.45, 7) is 1.96. The Balaban J connectivity index is 1.38. The van der Waals surface area contributed by atoms with Gasteiger partial charge in [-0.3, -0.25) is 24.6 Å². The third-order valence-corrected chi connectivity index (χ3v) is 6.58. The fourth-order valence-electron chi connectivity index (χ4n) is 3.98. The van der Waals surface area contributed by atoms with Gasteiger partial charge in [0.1, 0.15) is 11.5 Å². The number of rotatable bonds is 5. The lowest BCUT2D eigenvalue weighted by Crippen LogP contribution is -2.27. The number of benzene rings is 3. The van der Waals surface area contributed by atoms with E-state index in [0.717, 1.165) is 28.1 Å². The number of imide groups is 1. The molecule has 0 unspecified atom stereocenters. The summed E-state index contributed by atoms with van der Waals surface area (Å²) in [5.74, 6) is 0.574. The first-order valence-corrected chi connectivity index (χ1v) is 11.3. The smallest absolute Gasteiger partial charge is 0.293 e. The van der Waals surface area contributed by atoms with Crippen LogP contribution >= 0.6 is 11.8 Å². The van der Waals surface area contributed by atoms with Crippen molar-refractivity contribution in [2.24, 2.45) is 0 Å². The van der Waals surface area contributed by atoms with E-state index in [1.807, 2.05) is 42.5 Å². The van der Waals surface area contributed by atoms with E-state index in [9.17, 15) is 19.7 Å². The molecule has 2 heterocycles. The largest absolute Gasteiger partial charge is 0.457 e. The zero-order valence-corrected chi connectivity index (χ0v) is 18.9. The van der Waals surface area contributed by atoms with Crippen molar-refractivity contribution in [3.8, 4) is 11.3 Å². The van der Waals surface area contributed by atoms with Gasteiger partial charge in [-0.25, -0.2) is 0 Å². The van der Waals surface area contributed by atoms with E-state index in [4.69, 9.17) is 4.42 Å². The molecule has 0 N–H and O–H groups in total. The molecule has 0 saturated carbocycles. The Hall–Kier alpha value is -4.17. The van der Waals surface area contributed by atoms with Gasteiger partial charge in [-0.2, -0.15) is 0 Å². The highest BCUT2D eigenvalue weighted by molar-refractivity contribution is 8.18. The molecule has 34 heavy (non-hydrogen) atoms. The number of carbonyl (C=O) groups excluding carboxylic acids is 2. The Bertz CT molecular complexity index is 1500. The minimum atomic E-state index is -0.446. The van der Waals surface area contributed by atoms with E-state index >= 15 is 0 Å². The Labute approximate surface area is 198 Å². The second-order valence-corrected chi connectivity index (χ2v) is 8.86. The van der Waals surface area contributed by atoms with Gasteiger partial charge in [0, 0.05) is 23.8 Å². The van der Waals surface area contributed by atoms with Crippen molar-refractivity contribution < 1.29 is 18.9 Å². The van der Waals surface area contributed by atoms with E-state index in [0.29, 0.717) is 22.6 Å². The van der Waals surface area contributed by atoms with Crippen LogP contribution in [0.5, 0.6) is 0 Å². The molecule has 8 heteroatoms. The fourth-order valence-corrected chi connectivity index (χ4v) is 4.80. The van der Waals surface area contributed by atoms with Crippen molar-refractivity contribution in [3.05, 3.63) is 105 Å². The molecule has 0 atom stereocenters. The van der Waals surface area contributed by atoms with E-state index in [-0.39, 0.29) is 28.3 Å². The lowest BCUT2D eigenvalue weighted by atomic mass is 10.0. The van der Waals surface area contributed by atoms with Crippen molar-refractivity contribution in [1.29, 1.82) is 0 Å². The summed E-state index contributed by atoms with van der Waals surface area (Å²) in [5, 5.41) is 12.7. The number of thioether (sulfide) groups is 1. The lowest BCUT2D eigenvalue weighted by molar-refractivity contribution is -0.384. The maximum Gasteiger partial charge on any atom is 0.293 e. The molecule has 0 spiro atoms. The van der Waals surface area contributed by atoms with Gasteiger partial charge in [0.15, 0.2) is 0 Å². The van der Waals surface area contributed by atoms with Crippen LogP contribution in [0, 0.1) is 17.0 Å². The Morgan fingerprint density at radius 1 is 1.03 bits per heavy atom. The maximum atomic E-state index is 13.0. The molecule has 0 radical (unpaired) electrons. The first kappa shape index (κ1) is 21.7. The second kappa shape index (κ2) is 8.64. The molecule has 7 nitrogen and oxygen atoms in total. The van der Waals surface area contributed by atoms with E-state index in [1.165, 1.54) is 17.0 Å². The quantitative estimate of drug-likeness (QED) is 0.186. The minimum Gasteiger partial charge on any atom is -0.457 e. The molecule has 1 saturated heterocycles. The fraction of sp³-hybridized carbons (Fsp3) is 0.0769. The van der Waals surface area contributed by atoms with Gasteiger partial charge in [0.05, 0.1) is 16.4 Å². The van der Waals surface area contributed by atoms with Crippen LogP contribution in [0.1, 0.15) is 16.9 Å². The Kier molecular flexibility index (Phi) is 5.51. The molecule has 4 aromatic rings. The molecular formula is C26H18N2O5S. The van der Waals surface area contributed by atoms with Crippen LogP contribution in [0.4, 0.5) is 10.5 Å². The maximum absolute atomic E-state index is 13.0. The van der Waals surface area contributed by atoms with Gasteiger partial charge < -0.3 is 4.42 Å². The first-order valence-electron chi connectivity index (χ1n) is 10.5. The van der Waals surface area contributed by atoms with Crippen molar-refractivity contribution >= 4 is 45.4 Å². The number of nitrogens with zero attached hydrogens (tertiary/aromatic N) is 2. The highest BCUT2D eigenvalue weighted by atomic mass is 32.2. The van der Waals surface area contributed by atoms with Crippen LogP contribution in [0.2, 0.25) is 0 Å². The predicted molar refractivity (Wildman–Crippen MR) is 131 cm³/mol. The van der Waals surface area contributed by atoms with Crippen LogP contribution in [0.3, 0.4) is 0 Å². The molecule has 2 amide bonds. The summed E-state index contributed by atoms with van der Waals surface area (Å²) in [5.41, 5.74) is 2.32. The summed E-state index contributed by atoms with van der Waals surface area (Å²) < 4.78 is 5.87. The van der Waals surface area contributed by atoms with Gasteiger partial charge in [-0.1, -0.05) is 42.5 Å². The number of hydrogen-bond donors (Lipinski definition) is 0. The van der Waals surface area contributed by atoms with Crippen molar-refractivity contribution in [3.63, 3.8) is 0 Å². The lowest BCUT2D eigenvalue weighted by Gasteiger charge is -2.14.